The summed E-state index contributed by atoms with van der Waals surface area (Å²) in [6.45, 7) is 0. The first-order chi connectivity index (χ1) is 14.4. The van der Waals surface area contributed by atoms with Crippen LogP contribution in [0.3, 0.4) is 0 Å². The van der Waals surface area contributed by atoms with E-state index in [0.29, 0.717) is 33.4 Å². The first kappa shape index (κ1) is 21.0. The second-order valence-corrected chi connectivity index (χ2v) is 6.14. The highest BCUT2D eigenvalue weighted by Crippen LogP contribution is 2.44. The van der Waals surface area contributed by atoms with Gasteiger partial charge in [-0.25, -0.2) is 0 Å². The molecular formula is C21H21NO8. The average molecular weight is 415 g/mol. The molecule has 0 saturated carbocycles. The second-order valence-electron chi connectivity index (χ2n) is 6.14. The molecule has 1 aliphatic heterocycles. The molecule has 9 heteroatoms. The van der Waals surface area contributed by atoms with Crippen molar-refractivity contribution in [3.05, 3.63) is 41.5 Å². The molecule has 0 atom stereocenters. The van der Waals surface area contributed by atoms with Gasteiger partial charge in [-0.1, -0.05) is 6.07 Å². The first-order valence-electron chi connectivity index (χ1n) is 8.76. The number of imide groups is 1. The van der Waals surface area contributed by atoms with Crippen LogP contribution >= 0.6 is 0 Å². The van der Waals surface area contributed by atoms with Gasteiger partial charge in [0, 0.05) is 0 Å². The Balaban J connectivity index is 2.31. The van der Waals surface area contributed by atoms with Crippen LogP contribution < -0.4 is 18.9 Å². The summed E-state index contributed by atoms with van der Waals surface area (Å²) < 4.78 is 21.1. The highest BCUT2D eigenvalue weighted by Gasteiger charge is 2.41. The molecule has 2 aromatic carbocycles. The van der Waals surface area contributed by atoms with Crippen LogP contribution in [0, 0.1) is 0 Å². The van der Waals surface area contributed by atoms with Gasteiger partial charge in [0.1, 0.15) is 0 Å². The van der Waals surface area contributed by atoms with Crippen molar-refractivity contribution in [3.8, 4) is 28.7 Å². The first-order valence-corrected chi connectivity index (χ1v) is 8.76. The molecule has 1 heterocycles. The Morgan fingerprint density at radius 2 is 1.23 bits per heavy atom. The Morgan fingerprint density at radius 3 is 1.67 bits per heavy atom. The quantitative estimate of drug-likeness (QED) is 0.687. The number of hydrogen-bond donors (Lipinski definition) is 1. The Kier molecular flexibility index (Phi) is 5.84. The van der Waals surface area contributed by atoms with Gasteiger partial charge in [-0.2, -0.15) is 0 Å². The van der Waals surface area contributed by atoms with Crippen LogP contribution in [0.15, 0.2) is 30.3 Å². The van der Waals surface area contributed by atoms with Gasteiger partial charge >= 0.3 is 0 Å². The third-order valence-corrected chi connectivity index (χ3v) is 4.65. The van der Waals surface area contributed by atoms with Gasteiger partial charge in [0.25, 0.3) is 11.8 Å². The zero-order valence-electron chi connectivity index (χ0n) is 17.1. The van der Waals surface area contributed by atoms with Crippen LogP contribution in [0.2, 0.25) is 0 Å². The van der Waals surface area contributed by atoms with Crippen LogP contribution in [-0.2, 0) is 14.4 Å². The third-order valence-electron chi connectivity index (χ3n) is 4.65. The fourth-order valence-electron chi connectivity index (χ4n) is 3.28. The lowest BCUT2D eigenvalue weighted by Crippen LogP contribution is -2.30. The number of rotatable bonds is 7. The van der Waals surface area contributed by atoms with Crippen LogP contribution in [-0.4, -0.2) is 57.5 Å². The Bertz CT molecular complexity index is 1020. The van der Waals surface area contributed by atoms with E-state index in [2.05, 4.69) is 0 Å². The van der Waals surface area contributed by atoms with E-state index < -0.39 is 11.8 Å². The fraction of sp³-hybridized carbons (Fsp3) is 0.238. The number of hydrogen-bond acceptors (Lipinski definition) is 8. The van der Waals surface area contributed by atoms with Crippen LogP contribution in [0.1, 0.15) is 11.1 Å². The van der Waals surface area contributed by atoms with Gasteiger partial charge in [0.05, 0.1) is 46.7 Å². The normalized spacial score (nSPS) is 13.7. The Labute approximate surface area is 172 Å². The number of carbonyl (C=O) groups is 2. The van der Waals surface area contributed by atoms with E-state index in [-0.39, 0.29) is 22.6 Å². The van der Waals surface area contributed by atoms with Crippen molar-refractivity contribution >= 4 is 23.0 Å². The maximum absolute atomic E-state index is 13.0. The smallest absolute Gasteiger partial charge is 0.286 e. The number of nitrogens with zero attached hydrogens (tertiary/aromatic N) is 1. The van der Waals surface area contributed by atoms with Gasteiger partial charge in [-0.3, -0.25) is 14.4 Å². The second kappa shape index (κ2) is 8.34. The van der Waals surface area contributed by atoms with Crippen molar-refractivity contribution in [1.29, 1.82) is 0 Å². The predicted octanol–water partition coefficient (Wildman–Crippen LogP) is 2.27. The van der Waals surface area contributed by atoms with Gasteiger partial charge in [-0.15, -0.1) is 5.06 Å². The Hall–Kier alpha value is -3.72. The highest BCUT2D eigenvalue weighted by molar-refractivity contribution is 6.48. The van der Waals surface area contributed by atoms with E-state index >= 15 is 0 Å². The number of aromatic hydroxyl groups is 1. The lowest BCUT2D eigenvalue weighted by Gasteiger charge is -2.15. The van der Waals surface area contributed by atoms with E-state index in [9.17, 15) is 14.7 Å². The van der Waals surface area contributed by atoms with Gasteiger partial charge in [0.15, 0.2) is 23.0 Å². The molecular weight excluding hydrogens is 394 g/mol. The number of amides is 2. The predicted molar refractivity (Wildman–Crippen MR) is 106 cm³/mol. The molecule has 1 N–H and O–H groups in total. The molecule has 0 unspecified atom stereocenters. The van der Waals surface area contributed by atoms with E-state index in [0.717, 1.165) is 0 Å². The molecule has 0 bridgehead atoms. The molecule has 1 aliphatic rings. The average Bonchev–Trinajstić information content (AvgIpc) is 3.01. The third kappa shape index (κ3) is 3.29. The maximum Gasteiger partial charge on any atom is 0.286 e. The maximum atomic E-state index is 13.0. The summed E-state index contributed by atoms with van der Waals surface area (Å²) in [5.74, 6) is -0.317. The van der Waals surface area contributed by atoms with Gasteiger partial charge < -0.3 is 24.1 Å². The number of ether oxygens (including phenoxy) is 4. The molecule has 0 fully saturated rings. The molecule has 0 saturated heterocycles. The van der Waals surface area contributed by atoms with Gasteiger partial charge in [-0.05, 0) is 35.4 Å². The number of benzene rings is 2. The summed E-state index contributed by atoms with van der Waals surface area (Å²) in [6.07, 6.45) is 0. The van der Waals surface area contributed by atoms with Crippen molar-refractivity contribution < 1.29 is 38.5 Å². The summed E-state index contributed by atoms with van der Waals surface area (Å²) in [6, 6.07) is 7.53. The summed E-state index contributed by atoms with van der Waals surface area (Å²) in [5, 5.41) is 10.8. The molecule has 30 heavy (non-hydrogen) atoms. The SMILES string of the molecule is COc1ccc(C2=C(c3cc(OC)c(OC)c(OC)c3)C(=O)N(OC)C2=O)cc1O. The summed E-state index contributed by atoms with van der Waals surface area (Å²) in [7, 11) is 6.98. The molecule has 0 spiro atoms. The topological polar surface area (TPSA) is 104 Å². The lowest BCUT2D eigenvalue weighted by atomic mass is 9.95. The molecule has 3 rings (SSSR count). The standard InChI is InChI=1S/C21H21NO8/c1-26-14-7-6-11(8-13(14)23)17-18(21(25)22(30-5)20(17)24)12-9-15(27-2)19(29-4)16(10-12)28-3/h6-10,23H,1-5H3. The minimum atomic E-state index is -0.671. The molecule has 9 nitrogen and oxygen atoms in total. The van der Waals surface area contributed by atoms with Crippen molar-refractivity contribution in [2.45, 2.75) is 0 Å². The number of hydroxylamine groups is 2. The van der Waals surface area contributed by atoms with Crippen molar-refractivity contribution in [2.75, 3.05) is 35.5 Å². The van der Waals surface area contributed by atoms with Crippen LogP contribution in [0.5, 0.6) is 28.7 Å². The number of carbonyl (C=O) groups excluding carboxylic acids is 2. The zero-order chi connectivity index (χ0) is 22.0. The molecule has 0 aromatic heterocycles. The minimum absolute atomic E-state index is 0.0501. The van der Waals surface area contributed by atoms with E-state index in [4.69, 9.17) is 23.8 Å². The summed E-state index contributed by atoms with van der Waals surface area (Å²) >= 11 is 0. The van der Waals surface area contributed by atoms with Crippen molar-refractivity contribution in [3.63, 3.8) is 0 Å². The molecule has 0 radical (unpaired) electrons. The molecule has 2 amide bonds. The van der Waals surface area contributed by atoms with Crippen molar-refractivity contribution in [1.82, 2.24) is 5.06 Å². The lowest BCUT2D eigenvalue weighted by molar-refractivity contribution is -0.176. The summed E-state index contributed by atoms with van der Waals surface area (Å²) in [4.78, 5) is 31.0. The molecule has 158 valence electrons. The number of phenolic OH excluding ortho intramolecular Hbond substituents is 1. The minimum Gasteiger partial charge on any atom is -0.504 e. The monoisotopic (exact) mass is 415 g/mol. The molecule has 2 aromatic rings. The van der Waals surface area contributed by atoms with E-state index in [1.807, 2.05) is 0 Å². The molecule has 0 aliphatic carbocycles. The fourth-order valence-corrected chi connectivity index (χ4v) is 3.28. The van der Waals surface area contributed by atoms with Crippen LogP contribution in [0.25, 0.3) is 11.1 Å². The Morgan fingerprint density at radius 1 is 0.700 bits per heavy atom. The number of phenols is 1. The van der Waals surface area contributed by atoms with Crippen molar-refractivity contribution in [2.24, 2.45) is 0 Å². The summed E-state index contributed by atoms with van der Waals surface area (Å²) in [5.41, 5.74) is 0.780. The highest BCUT2D eigenvalue weighted by atomic mass is 16.7. The van der Waals surface area contributed by atoms with Gasteiger partial charge in [0.2, 0.25) is 5.75 Å². The largest absolute Gasteiger partial charge is 0.504 e. The van der Waals surface area contributed by atoms with E-state index in [1.165, 1.54) is 47.7 Å². The number of methoxy groups -OCH3 is 4. The van der Waals surface area contributed by atoms with Crippen LogP contribution in [0.4, 0.5) is 0 Å². The van der Waals surface area contributed by atoms with E-state index in [1.54, 1.807) is 18.2 Å². The zero-order valence-corrected chi connectivity index (χ0v) is 17.1.